The molecule has 1 aliphatic heterocycles. The number of nitrogens with zero attached hydrogens (tertiary/aromatic N) is 3. The first kappa shape index (κ1) is 14.8. The summed E-state index contributed by atoms with van der Waals surface area (Å²) in [5, 5.41) is 4.02. The zero-order valence-electron chi connectivity index (χ0n) is 11.3. The highest BCUT2D eigenvalue weighted by Gasteiger charge is 2.34. The van der Waals surface area contributed by atoms with Crippen LogP contribution in [0, 0.1) is 11.8 Å². The van der Waals surface area contributed by atoms with E-state index in [1.807, 2.05) is 0 Å². The third-order valence-electron chi connectivity index (χ3n) is 3.69. The summed E-state index contributed by atoms with van der Waals surface area (Å²) in [6.45, 7) is 6.01. The van der Waals surface area contributed by atoms with Gasteiger partial charge >= 0.3 is 0 Å². The second kappa shape index (κ2) is 5.81. The van der Waals surface area contributed by atoms with Gasteiger partial charge < -0.3 is 0 Å². The van der Waals surface area contributed by atoms with Crippen LogP contribution in [0.25, 0.3) is 0 Å². The maximum absolute atomic E-state index is 12.5. The molecule has 0 saturated carbocycles. The summed E-state index contributed by atoms with van der Waals surface area (Å²) in [4.78, 5) is 0.266. The van der Waals surface area contributed by atoms with Gasteiger partial charge in [-0.05, 0) is 18.3 Å². The van der Waals surface area contributed by atoms with E-state index in [9.17, 15) is 8.42 Å². The molecule has 2 rings (SSSR count). The molecule has 0 bridgehead atoms. The van der Waals surface area contributed by atoms with E-state index in [-0.39, 0.29) is 4.90 Å². The lowest BCUT2D eigenvalue weighted by Gasteiger charge is -2.17. The highest BCUT2D eigenvalue weighted by atomic mass is 35.5. The van der Waals surface area contributed by atoms with Crippen LogP contribution >= 0.6 is 11.6 Å². The smallest absolute Gasteiger partial charge is 0.246 e. The summed E-state index contributed by atoms with van der Waals surface area (Å²) in [5.74, 6) is 1.38. The van der Waals surface area contributed by atoms with Crippen molar-refractivity contribution in [1.82, 2.24) is 14.1 Å². The van der Waals surface area contributed by atoms with Crippen molar-refractivity contribution in [1.29, 1.82) is 0 Å². The van der Waals surface area contributed by atoms with Crippen LogP contribution in [0.1, 0.15) is 20.3 Å². The number of halogens is 1. The second-order valence-electron chi connectivity index (χ2n) is 5.28. The molecule has 1 aromatic heterocycles. The molecule has 1 saturated heterocycles. The quantitative estimate of drug-likeness (QED) is 0.779. The summed E-state index contributed by atoms with van der Waals surface area (Å²) in [6.07, 6.45) is 3.90. The van der Waals surface area contributed by atoms with E-state index < -0.39 is 10.0 Å². The van der Waals surface area contributed by atoms with Gasteiger partial charge in [-0.15, -0.1) is 11.6 Å². The molecular formula is C12H20ClN3O2S. The van der Waals surface area contributed by atoms with Gasteiger partial charge in [0.2, 0.25) is 10.0 Å². The number of hydrogen-bond donors (Lipinski definition) is 0. The average Bonchev–Trinajstić information content (AvgIpc) is 2.98. The Kier molecular flexibility index (Phi) is 4.53. The topological polar surface area (TPSA) is 55.2 Å². The molecule has 0 aliphatic carbocycles. The number of rotatable bonds is 5. The summed E-state index contributed by atoms with van der Waals surface area (Å²) >= 11 is 5.62. The van der Waals surface area contributed by atoms with Gasteiger partial charge in [-0.3, -0.25) is 4.68 Å². The molecule has 0 N–H and O–H groups in total. The fourth-order valence-electron chi connectivity index (χ4n) is 2.35. The van der Waals surface area contributed by atoms with Gasteiger partial charge in [-0.2, -0.15) is 9.40 Å². The predicted octanol–water partition coefficient (Wildman–Crippen LogP) is 1.79. The number of aryl methyl sites for hydroxylation is 1. The Balaban J connectivity index is 2.14. The van der Waals surface area contributed by atoms with Crippen LogP contribution in [0.3, 0.4) is 0 Å². The van der Waals surface area contributed by atoms with E-state index in [0.29, 0.717) is 37.4 Å². The van der Waals surface area contributed by atoms with Crippen molar-refractivity contribution in [3.8, 4) is 0 Å². The van der Waals surface area contributed by atoms with E-state index in [4.69, 9.17) is 11.6 Å². The number of aromatic nitrogens is 2. The normalized spacial score (nSPS) is 21.4. The van der Waals surface area contributed by atoms with Gasteiger partial charge in [0.05, 0.1) is 12.7 Å². The fraction of sp³-hybridized carbons (Fsp3) is 0.750. The summed E-state index contributed by atoms with van der Waals surface area (Å²) < 4.78 is 28.1. The molecule has 1 aromatic rings. The second-order valence-corrected chi connectivity index (χ2v) is 7.60. The van der Waals surface area contributed by atoms with Gasteiger partial charge in [-0.1, -0.05) is 13.8 Å². The molecule has 108 valence electrons. The van der Waals surface area contributed by atoms with Crippen LogP contribution in [0.4, 0.5) is 0 Å². The van der Waals surface area contributed by atoms with E-state index >= 15 is 0 Å². The minimum atomic E-state index is -3.40. The molecule has 1 unspecified atom stereocenters. The van der Waals surface area contributed by atoms with Gasteiger partial charge in [0.25, 0.3) is 0 Å². The van der Waals surface area contributed by atoms with Crippen molar-refractivity contribution in [3.05, 3.63) is 12.4 Å². The molecule has 5 nitrogen and oxygen atoms in total. The van der Waals surface area contributed by atoms with E-state index in [0.717, 1.165) is 6.42 Å². The van der Waals surface area contributed by atoms with Crippen LogP contribution in [-0.4, -0.2) is 41.5 Å². The molecule has 0 amide bonds. The monoisotopic (exact) mass is 305 g/mol. The molecule has 1 fully saturated rings. The first-order chi connectivity index (χ1) is 8.95. The average molecular weight is 306 g/mol. The third-order valence-corrected chi connectivity index (χ3v) is 5.68. The fourth-order valence-corrected chi connectivity index (χ4v) is 3.99. The standard InChI is InChI=1S/C12H20ClN3O2S/c1-10(2)11-3-5-16(8-11)19(17,18)12-7-14-15(9-12)6-4-13/h7,9-11H,3-6,8H2,1-2H3. The predicted molar refractivity (Wildman–Crippen MR) is 74.7 cm³/mol. The minimum absolute atomic E-state index is 0.266. The summed E-state index contributed by atoms with van der Waals surface area (Å²) in [7, 11) is -3.40. The van der Waals surface area contributed by atoms with Crippen LogP contribution in [0.15, 0.2) is 17.3 Å². The zero-order valence-corrected chi connectivity index (χ0v) is 12.9. The zero-order chi connectivity index (χ0) is 14.0. The molecule has 7 heteroatoms. The molecule has 0 spiro atoms. The maximum atomic E-state index is 12.5. The van der Waals surface area contributed by atoms with Crippen LogP contribution in [0.5, 0.6) is 0 Å². The largest absolute Gasteiger partial charge is 0.270 e. The Morgan fingerprint density at radius 3 is 2.84 bits per heavy atom. The number of alkyl halides is 1. The van der Waals surface area contributed by atoms with Gasteiger partial charge in [0, 0.05) is 25.2 Å². The number of sulfonamides is 1. The Morgan fingerprint density at radius 1 is 1.53 bits per heavy atom. The van der Waals surface area contributed by atoms with Crippen molar-refractivity contribution >= 4 is 21.6 Å². The van der Waals surface area contributed by atoms with Crippen molar-refractivity contribution in [2.45, 2.75) is 31.7 Å². The van der Waals surface area contributed by atoms with E-state index in [2.05, 4.69) is 18.9 Å². The molecule has 19 heavy (non-hydrogen) atoms. The Hall–Kier alpha value is -0.590. The van der Waals surface area contributed by atoms with Crippen LogP contribution in [-0.2, 0) is 16.6 Å². The van der Waals surface area contributed by atoms with Gasteiger partial charge in [-0.25, -0.2) is 8.42 Å². The Bertz CT molecular complexity index is 527. The highest BCUT2D eigenvalue weighted by molar-refractivity contribution is 7.89. The Morgan fingerprint density at radius 2 is 2.26 bits per heavy atom. The molecule has 2 heterocycles. The van der Waals surface area contributed by atoms with Crippen LogP contribution < -0.4 is 0 Å². The lowest BCUT2D eigenvalue weighted by Crippen LogP contribution is -2.29. The summed E-state index contributed by atoms with van der Waals surface area (Å²) in [5.41, 5.74) is 0. The number of hydrogen-bond acceptors (Lipinski definition) is 3. The Labute approximate surface area is 119 Å². The SMILES string of the molecule is CC(C)C1CCN(S(=O)(=O)c2cnn(CCCl)c2)C1. The molecule has 0 aromatic carbocycles. The van der Waals surface area contributed by atoms with Crippen molar-refractivity contribution < 1.29 is 8.42 Å². The maximum Gasteiger partial charge on any atom is 0.246 e. The minimum Gasteiger partial charge on any atom is -0.270 e. The molecule has 0 radical (unpaired) electrons. The van der Waals surface area contributed by atoms with Crippen LogP contribution in [0.2, 0.25) is 0 Å². The van der Waals surface area contributed by atoms with Gasteiger partial charge in [0.15, 0.2) is 0 Å². The van der Waals surface area contributed by atoms with Gasteiger partial charge in [0.1, 0.15) is 4.90 Å². The van der Waals surface area contributed by atoms with Crippen molar-refractivity contribution in [2.75, 3.05) is 19.0 Å². The molecular weight excluding hydrogens is 286 g/mol. The highest BCUT2D eigenvalue weighted by Crippen LogP contribution is 2.28. The van der Waals surface area contributed by atoms with Crippen molar-refractivity contribution in [3.63, 3.8) is 0 Å². The lowest BCUT2D eigenvalue weighted by atomic mass is 9.96. The first-order valence-corrected chi connectivity index (χ1v) is 8.51. The molecule has 1 aliphatic rings. The first-order valence-electron chi connectivity index (χ1n) is 6.53. The lowest BCUT2D eigenvalue weighted by molar-refractivity contribution is 0.388. The van der Waals surface area contributed by atoms with E-state index in [1.165, 1.54) is 6.20 Å². The van der Waals surface area contributed by atoms with Crippen molar-refractivity contribution in [2.24, 2.45) is 11.8 Å². The third kappa shape index (κ3) is 3.12. The summed E-state index contributed by atoms with van der Waals surface area (Å²) in [6, 6.07) is 0. The van der Waals surface area contributed by atoms with E-state index in [1.54, 1.807) is 15.2 Å². The molecule has 1 atom stereocenters.